The molecule has 2 amide bonds. The van der Waals surface area contributed by atoms with Crippen molar-refractivity contribution in [1.29, 1.82) is 0 Å². The molecule has 0 heterocycles. The lowest BCUT2D eigenvalue weighted by Crippen LogP contribution is -2.48. The number of ether oxygens (including phenoxy) is 1. The van der Waals surface area contributed by atoms with Gasteiger partial charge in [-0.2, -0.15) is 0 Å². The first-order chi connectivity index (χ1) is 16.5. The molecule has 3 aromatic rings. The van der Waals surface area contributed by atoms with Crippen LogP contribution in [0.15, 0.2) is 78.9 Å². The molecule has 0 aromatic heterocycles. The smallest absolute Gasteiger partial charge is 0.407 e. The number of rotatable bonds is 8. The fourth-order valence-electron chi connectivity index (χ4n) is 4.31. The average molecular weight is 459 g/mol. The van der Waals surface area contributed by atoms with E-state index in [0.29, 0.717) is 5.56 Å². The average Bonchev–Trinajstić information content (AvgIpc) is 3.18. The topological polar surface area (TPSA) is 105 Å². The Morgan fingerprint density at radius 3 is 1.97 bits per heavy atom. The van der Waals surface area contributed by atoms with Gasteiger partial charge in [-0.1, -0.05) is 85.8 Å². The van der Waals surface area contributed by atoms with Gasteiger partial charge >= 0.3 is 12.1 Å². The molecule has 0 radical (unpaired) electrons. The lowest BCUT2D eigenvalue weighted by atomic mass is 9.98. The number of nitrogens with one attached hydrogen (secondary N) is 2. The molecular formula is C27H26N2O5. The van der Waals surface area contributed by atoms with Crippen LogP contribution >= 0.6 is 0 Å². The van der Waals surface area contributed by atoms with E-state index >= 15 is 0 Å². The summed E-state index contributed by atoms with van der Waals surface area (Å²) in [4.78, 5) is 37.0. The minimum Gasteiger partial charge on any atom is -0.479 e. The van der Waals surface area contributed by atoms with E-state index in [9.17, 15) is 19.5 Å². The Morgan fingerprint density at radius 2 is 1.41 bits per heavy atom. The van der Waals surface area contributed by atoms with Crippen LogP contribution in [0.4, 0.5) is 4.79 Å². The monoisotopic (exact) mass is 458 g/mol. The summed E-state index contributed by atoms with van der Waals surface area (Å²) in [6.45, 7) is 1.85. The number of fused-ring (bicyclic) bond motifs is 3. The highest BCUT2D eigenvalue weighted by Crippen LogP contribution is 2.44. The number of amides is 2. The number of carboxylic acids is 1. The molecular weight excluding hydrogens is 432 g/mol. The third kappa shape index (κ3) is 4.78. The highest BCUT2D eigenvalue weighted by atomic mass is 16.5. The maximum absolute atomic E-state index is 12.7. The van der Waals surface area contributed by atoms with Crippen LogP contribution in [0.3, 0.4) is 0 Å². The Hall–Kier alpha value is -4.13. The molecule has 1 aliphatic carbocycles. The van der Waals surface area contributed by atoms with E-state index < -0.39 is 30.1 Å². The fourth-order valence-corrected chi connectivity index (χ4v) is 4.31. The van der Waals surface area contributed by atoms with Gasteiger partial charge in [-0.05, 0) is 34.2 Å². The molecule has 0 saturated carbocycles. The quantitative estimate of drug-likeness (QED) is 0.468. The van der Waals surface area contributed by atoms with Crippen molar-refractivity contribution in [2.75, 3.05) is 6.61 Å². The van der Waals surface area contributed by atoms with E-state index in [1.165, 1.54) is 0 Å². The summed E-state index contributed by atoms with van der Waals surface area (Å²) >= 11 is 0. The Kier molecular flexibility index (Phi) is 6.92. The van der Waals surface area contributed by atoms with E-state index in [2.05, 4.69) is 22.8 Å². The Bertz CT molecular complexity index is 1150. The van der Waals surface area contributed by atoms with Crippen LogP contribution in [0.2, 0.25) is 0 Å². The Labute approximate surface area is 197 Å². The molecule has 34 heavy (non-hydrogen) atoms. The first-order valence-corrected chi connectivity index (χ1v) is 11.2. The molecule has 2 atom stereocenters. The number of carboxylic acid groups (broad SMARTS) is 1. The Morgan fingerprint density at radius 1 is 0.853 bits per heavy atom. The molecule has 2 unspecified atom stereocenters. The van der Waals surface area contributed by atoms with Crippen molar-refractivity contribution in [2.24, 2.45) is 0 Å². The number of aliphatic carboxylic acids is 1. The lowest BCUT2D eigenvalue weighted by Gasteiger charge is -2.21. The molecule has 0 aliphatic heterocycles. The van der Waals surface area contributed by atoms with Gasteiger partial charge in [-0.15, -0.1) is 0 Å². The van der Waals surface area contributed by atoms with Crippen molar-refractivity contribution in [3.63, 3.8) is 0 Å². The van der Waals surface area contributed by atoms with Crippen LogP contribution in [-0.4, -0.2) is 35.7 Å². The largest absolute Gasteiger partial charge is 0.479 e. The predicted molar refractivity (Wildman–Crippen MR) is 127 cm³/mol. The number of carbonyl (C=O) groups is 3. The van der Waals surface area contributed by atoms with Crippen LogP contribution in [0.1, 0.15) is 42.0 Å². The number of hydrogen-bond acceptors (Lipinski definition) is 4. The molecule has 3 aromatic carbocycles. The lowest BCUT2D eigenvalue weighted by molar-refractivity contribution is -0.142. The van der Waals surface area contributed by atoms with Gasteiger partial charge in [0.05, 0.1) is 0 Å². The molecule has 1 aliphatic rings. The van der Waals surface area contributed by atoms with Crippen molar-refractivity contribution in [3.05, 3.63) is 95.6 Å². The first-order valence-electron chi connectivity index (χ1n) is 11.2. The minimum atomic E-state index is -1.22. The highest BCUT2D eigenvalue weighted by Gasteiger charge is 2.30. The first kappa shape index (κ1) is 23.0. The van der Waals surface area contributed by atoms with E-state index in [1.807, 2.05) is 36.4 Å². The summed E-state index contributed by atoms with van der Waals surface area (Å²) in [5.74, 6) is -1.87. The summed E-state index contributed by atoms with van der Waals surface area (Å²) in [5.41, 5.74) is 4.87. The third-order valence-corrected chi connectivity index (χ3v) is 6.03. The zero-order valence-corrected chi connectivity index (χ0v) is 18.7. The van der Waals surface area contributed by atoms with Crippen molar-refractivity contribution >= 4 is 18.0 Å². The van der Waals surface area contributed by atoms with E-state index in [1.54, 1.807) is 37.3 Å². The summed E-state index contributed by atoms with van der Waals surface area (Å²) in [6, 6.07) is 22.3. The second kappa shape index (κ2) is 10.2. The van der Waals surface area contributed by atoms with Crippen LogP contribution in [0.5, 0.6) is 0 Å². The SMILES string of the molecule is CCC(NC(=O)OCC1c2ccccc2-c2ccccc21)C(=O)NC(C(=O)O)c1ccccc1. The molecule has 174 valence electrons. The summed E-state index contributed by atoms with van der Waals surface area (Å²) in [6.07, 6.45) is -0.451. The molecule has 0 saturated heterocycles. The number of carbonyl (C=O) groups excluding carboxylic acids is 2. The van der Waals surface area contributed by atoms with E-state index in [4.69, 9.17) is 4.74 Å². The van der Waals surface area contributed by atoms with E-state index in [-0.39, 0.29) is 18.9 Å². The second-order valence-electron chi connectivity index (χ2n) is 8.12. The molecule has 7 heteroatoms. The number of hydrogen-bond donors (Lipinski definition) is 3. The van der Waals surface area contributed by atoms with Crippen molar-refractivity contribution < 1.29 is 24.2 Å². The molecule has 0 spiro atoms. The van der Waals surface area contributed by atoms with Crippen LogP contribution in [0.25, 0.3) is 11.1 Å². The second-order valence-corrected chi connectivity index (χ2v) is 8.12. The number of alkyl carbamates (subject to hydrolysis) is 1. The van der Waals surface area contributed by atoms with Gasteiger partial charge < -0.3 is 20.5 Å². The zero-order valence-electron chi connectivity index (χ0n) is 18.7. The van der Waals surface area contributed by atoms with Gasteiger partial charge in [0.15, 0.2) is 6.04 Å². The van der Waals surface area contributed by atoms with Crippen LogP contribution < -0.4 is 10.6 Å². The summed E-state index contributed by atoms with van der Waals surface area (Å²) < 4.78 is 5.51. The zero-order chi connectivity index (χ0) is 24.1. The van der Waals surface area contributed by atoms with Crippen molar-refractivity contribution in [3.8, 4) is 11.1 Å². The normalized spacial score (nSPS) is 13.8. The maximum Gasteiger partial charge on any atom is 0.407 e. The minimum absolute atomic E-state index is 0.0958. The van der Waals surface area contributed by atoms with Gasteiger partial charge in [0.25, 0.3) is 0 Å². The standard InChI is InChI=1S/C27H26N2O5/c1-2-23(25(30)29-24(26(31)32)17-10-4-3-5-11-17)28-27(33)34-16-22-20-14-8-6-12-18(20)19-13-7-9-15-21(19)22/h3-15,22-24H,2,16H2,1H3,(H,28,33)(H,29,30)(H,31,32). The van der Waals surface area contributed by atoms with Gasteiger partial charge in [0.1, 0.15) is 12.6 Å². The van der Waals surface area contributed by atoms with Crippen molar-refractivity contribution in [1.82, 2.24) is 10.6 Å². The van der Waals surface area contributed by atoms with E-state index in [0.717, 1.165) is 22.3 Å². The third-order valence-electron chi connectivity index (χ3n) is 6.03. The fraction of sp³-hybridized carbons (Fsp3) is 0.222. The van der Waals surface area contributed by atoms with Gasteiger partial charge in [-0.25, -0.2) is 9.59 Å². The highest BCUT2D eigenvalue weighted by molar-refractivity contribution is 5.89. The van der Waals surface area contributed by atoms with Gasteiger partial charge in [0.2, 0.25) is 5.91 Å². The molecule has 7 nitrogen and oxygen atoms in total. The van der Waals surface area contributed by atoms with Crippen molar-refractivity contribution in [2.45, 2.75) is 31.3 Å². The molecule has 0 fully saturated rings. The summed E-state index contributed by atoms with van der Waals surface area (Å²) in [7, 11) is 0. The van der Waals surface area contributed by atoms with Gasteiger partial charge in [-0.3, -0.25) is 4.79 Å². The predicted octanol–water partition coefficient (Wildman–Crippen LogP) is 4.25. The van der Waals surface area contributed by atoms with Crippen LogP contribution in [-0.2, 0) is 14.3 Å². The van der Waals surface area contributed by atoms with Gasteiger partial charge in [0, 0.05) is 5.92 Å². The molecule has 3 N–H and O–H groups in total. The van der Waals surface area contributed by atoms with Crippen LogP contribution in [0, 0.1) is 0 Å². The molecule has 0 bridgehead atoms. The number of benzene rings is 3. The summed E-state index contributed by atoms with van der Waals surface area (Å²) in [5, 5.41) is 14.6. The maximum atomic E-state index is 12.7. The Balaban J connectivity index is 1.39. The molecule has 4 rings (SSSR count).